The second-order valence-electron chi connectivity index (χ2n) is 3.71. The molecule has 3 nitrogen and oxygen atoms in total. The second-order valence-corrected chi connectivity index (χ2v) is 5.07. The average molecular weight is 344 g/mol. The highest BCUT2D eigenvalue weighted by atomic mass is 79.9. The minimum absolute atomic E-state index is 0.0666. The van der Waals surface area contributed by atoms with Crippen LogP contribution in [0.2, 0.25) is 5.02 Å². The van der Waals surface area contributed by atoms with Crippen molar-refractivity contribution in [3.8, 4) is 0 Å². The monoisotopic (exact) mass is 342 g/mol. The summed E-state index contributed by atoms with van der Waals surface area (Å²) < 4.78 is 14.3. The van der Waals surface area contributed by atoms with Crippen molar-refractivity contribution in [2.24, 2.45) is 0 Å². The van der Waals surface area contributed by atoms with Gasteiger partial charge in [-0.05, 0) is 36.4 Å². The topological polar surface area (TPSA) is 41.1 Å². The molecule has 0 aliphatic carbocycles. The van der Waals surface area contributed by atoms with E-state index in [0.29, 0.717) is 5.69 Å². The summed E-state index contributed by atoms with van der Waals surface area (Å²) in [6.45, 7) is 0. The van der Waals surface area contributed by atoms with E-state index in [0.717, 1.165) is 10.5 Å². The molecule has 6 heteroatoms. The first-order chi connectivity index (χ1) is 9.04. The van der Waals surface area contributed by atoms with Gasteiger partial charge in [-0.1, -0.05) is 33.6 Å². The highest BCUT2D eigenvalue weighted by Crippen LogP contribution is 2.20. The highest BCUT2D eigenvalue weighted by molar-refractivity contribution is 9.10. The molecule has 2 rings (SSSR count). The zero-order valence-corrected chi connectivity index (χ0v) is 11.9. The molecule has 19 heavy (non-hydrogen) atoms. The van der Waals surface area contributed by atoms with Crippen LogP contribution in [-0.2, 0) is 0 Å². The summed E-state index contributed by atoms with van der Waals surface area (Å²) in [5.74, 6) is -0.586. The number of amides is 2. The summed E-state index contributed by atoms with van der Waals surface area (Å²) in [5.41, 5.74) is 0.665. The average Bonchev–Trinajstić information content (AvgIpc) is 2.33. The smallest absolute Gasteiger partial charge is 0.308 e. The van der Waals surface area contributed by atoms with E-state index in [9.17, 15) is 9.18 Å². The molecule has 2 N–H and O–H groups in total. The van der Waals surface area contributed by atoms with Crippen LogP contribution >= 0.6 is 27.5 Å². The number of carbonyl (C=O) groups excluding carboxylic acids is 1. The molecule has 2 amide bonds. The third-order valence-corrected chi connectivity index (χ3v) is 2.99. The number of urea groups is 1. The maximum Gasteiger partial charge on any atom is 0.323 e. The number of hydrogen-bond acceptors (Lipinski definition) is 1. The lowest BCUT2D eigenvalue weighted by Gasteiger charge is -2.08. The molecule has 2 aromatic carbocycles. The maximum atomic E-state index is 13.5. The van der Waals surface area contributed by atoms with Gasteiger partial charge in [-0.2, -0.15) is 0 Å². The number of halogens is 3. The lowest BCUT2D eigenvalue weighted by Crippen LogP contribution is -2.20. The van der Waals surface area contributed by atoms with E-state index in [2.05, 4.69) is 26.6 Å². The van der Waals surface area contributed by atoms with Gasteiger partial charge in [0.1, 0.15) is 5.82 Å². The van der Waals surface area contributed by atoms with E-state index in [1.54, 1.807) is 18.2 Å². The van der Waals surface area contributed by atoms with Gasteiger partial charge in [-0.3, -0.25) is 0 Å². The third kappa shape index (κ3) is 3.94. The Hall–Kier alpha value is -1.59. The quantitative estimate of drug-likeness (QED) is 0.801. The maximum absolute atomic E-state index is 13.5. The Labute approximate surface area is 122 Å². The van der Waals surface area contributed by atoms with E-state index in [1.807, 2.05) is 6.07 Å². The highest BCUT2D eigenvalue weighted by Gasteiger charge is 2.07. The summed E-state index contributed by atoms with van der Waals surface area (Å²) in [6, 6.07) is 10.6. The Kier molecular flexibility index (Phi) is 4.39. The molecule has 0 aliphatic rings. The van der Waals surface area contributed by atoms with Crippen LogP contribution in [0.3, 0.4) is 0 Å². The Bertz CT molecular complexity index is 621. The van der Waals surface area contributed by atoms with Crippen molar-refractivity contribution in [1.82, 2.24) is 0 Å². The first-order valence-electron chi connectivity index (χ1n) is 5.33. The van der Waals surface area contributed by atoms with Gasteiger partial charge < -0.3 is 10.6 Å². The van der Waals surface area contributed by atoms with E-state index in [-0.39, 0.29) is 10.7 Å². The molecule has 0 fully saturated rings. The van der Waals surface area contributed by atoms with Crippen LogP contribution in [0.25, 0.3) is 0 Å². The first-order valence-corrected chi connectivity index (χ1v) is 6.50. The lowest BCUT2D eigenvalue weighted by molar-refractivity contribution is 0.262. The van der Waals surface area contributed by atoms with Crippen molar-refractivity contribution in [3.63, 3.8) is 0 Å². The fraction of sp³-hybridized carbons (Fsp3) is 0. The fourth-order valence-corrected chi connectivity index (χ4v) is 2.00. The van der Waals surface area contributed by atoms with E-state index >= 15 is 0 Å². The van der Waals surface area contributed by atoms with Gasteiger partial charge in [0.2, 0.25) is 0 Å². The van der Waals surface area contributed by atoms with Crippen molar-refractivity contribution in [2.45, 2.75) is 0 Å². The Morgan fingerprint density at radius 2 is 1.95 bits per heavy atom. The van der Waals surface area contributed by atoms with Gasteiger partial charge in [0, 0.05) is 15.2 Å². The van der Waals surface area contributed by atoms with Crippen LogP contribution in [-0.4, -0.2) is 6.03 Å². The number of anilines is 2. The number of nitrogens with one attached hydrogen (secondary N) is 2. The standard InChI is InChI=1S/C13H9BrClFN2O/c14-8-2-1-3-10(6-8)17-13(19)18-12-5-4-9(15)7-11(12)16/h1-7H,(H2,17,18,19). The zero-order valence-electron chi connectivity index (χ0n) is 9.58. The number of rotatable bonds is 2. The van der Waals surface area contributed by atoms with Gasteiger partial charge >= 0.3 is 6.03 Å². The molecule has 0 aliphatic heterocycles. The number of hydrogen-bond donors (Lipinski definition) is 2. The van der Waals surface area contributed by atoms with Crippen LogP contribution in [0.15, 0.2) is 46.9 Å². The first kappa shape index (κ1) is 13.8. The molecule has 0 aromatic heterocycles. The van der Waals surface area contributed by atoms with Crippen LogP contribution in [0.5, 0.6) is 0 Å². The molecule has 0 heterocycles. The summed E-state index contributed by atoms with van der Waals surface area (Å²) in [5, 5.41) is 5.27. The van der Waals surface area contributed by atoms with E-state index < -0.39 is 11.8 Å². The Morgan fingerprint density at radius 3 is 2.63 bits per heavy atom. The third-order valence-electron chi connectivity index (χ3n) is 2.26. The second kappa shape index (κ2) is 6.04. The van der Waals surface area contributed by atoms with Crippen LogP contribution in [0.4, 0.5) is 20.6 Å². The SMILES string of the molecule is O=C(Nc1cccc(Br)c1)Nc1ccc(Cl)cc1F. The van der Waals surface area contributed by atoms with Crippen LogP contribution in [0, 0.1) is 5.82 Å². The van der Waals surface area contributed by atoms with Crippen molar-refractivity contribution in [1.29, 1.82) is 0 Å². The number of benzene rings is 2. The molecule has 0 saturated carbocycles. The van der Waals surface area contributed by atoms with Gasteiger partial charge in [-0.15, -0.1) is 0 Å². The minimum atomic E-state index is -0.586. The lowest BCUT2D eigenvalue weighted by atomic mass is 10.3. The Balaban J connectivity index is 2.05. The van der Waals surface area contributed by atoms with Crippen molar-refractivity contribution < 1.29 is 9.18 Å². The molecule has 0 bridgehead atoms. The van der Waals surface area contributed by atoms with Gasteiger partial charge in [0.25, 0.3) is 0 Å². The van der Waals surface area contributed by atoms with E-state index in [1.165, 1.54) is 12.1 Å². The largest absolute Gasteiger partial charge is 0.323 e. The molecular weight excluding hydrogens is 335 g/mol. The molecule has 98 valence electrons. The molecule has 0 atom stereocenters. The minimum Gasteiger partial charge on any atom is -0.308 e. The fourth-order valence-electron chi connectivity index (χ4n) is 1.44. The van der Waals surface area contributed by atoms with Gasteiger partial charge in [0.05, 0.1) is 5.69 Å². The molecule has 0 saturated heterocycles. The molecule has 0 radical (unpaired) electrons. The molecule has 0 unspecified atom stereocenters. The molecule has 0 spiro atoms. The number of carbonyl (C=O) groups is 1. The predicted octanol–water partition coefficient (Wildman–Crippen LogP) is 4.89. The molecular formula is C13H9BrClFN2O. The summed E-state index contributed by atoms with van der Waals surface area (Å²) >= 11 is 8.92. The summed E-state index contributed by atoms with van der Waals surface area (Å²) in [6.07, 6.45) is 0. The summed E-state index contributed by atoms with van der Waals surface area (Å²) in [7, 11) is 0. The van der Waals surface area contributed by atoms with Gasteiger partial charge in [0.15, 0.2) is 0 Å². The zero-order chi connectivity index (χ0) is 13.8. The molecule has 2 aromatic rings. The van der Waals surface area contributed by atoms with Crippen molar-refractivity contribution >= 4 is 44.9 Å². The van der Waals surface area contributed by atoms with Crippen LogP contribution in [0.1, 0.15) is 0 Å². The van der Waals surface area contributed by atoms with Crippen molar-refractivity contribution in [3.05, 3.63) is 57.8 Å². The van der Waals surface area contributed by atoms with Crippen LogP contribution < -0.4 is 10.6 Å². The predicted molar refractivity (Wildman–Crippen MR) is 78.2 cm³/mol. The normalized spacial score (nSPS) is 10.1. The summed E-state index contributed by atoms with van der Waals surface area (Å²) in [4.78, 5) is 11.7. The van der Waals surface area contributed by atoms with Gasteiger partial charge in [-0.25, -0.2) is 9.18 Å². The van der Waals surface area contributed by atoms with Crippen molar-refractivity contribution in [2.75, 3.05) is 10.6 Å². The van der Waals surface area contributed by atoms with E-state index in [4.69, 9.17) is 11.6 Å². The Morgan fingerprint density at radius 1 is 1.16 bits per heavy atom.